The number of likely N-dealkylation sites (tertiary alicyclic amines) is 1. The molecule has 8 heteroatoms. The topological polar surface area (TPSA) is 57.0 Å². The molecule has 2 amide bonds. The molecule has 3 aliphatic rings. The Bertz CT molecular complexity index is 1310. The van der Waals surface area contributed by atoms with Crippen LogP contribution in [0.4, 0.5) is 5.69 Å². The van der Waals surface area contributed by atoms with Crippen molar-refractivity contribution in [1.29, 1.82) is 0 Å². The number of fused-ring (bicyclic) bond motifs is 3. The second-order valence-corrected chi connectivity index (χ2v) is 10.9. The number of thiocarbonyl (C=S) groups is 1. The van der Waals surface area contributed by atoms with Crippen molar-refractivity contribution in [3.05, 3.63) is 89.9 Å². The van der Waals surface area contributed by atoms with Crippen LogP contribution in [0.25, 0.3) is 0 Å². The summed E-state index contributed by atoms with van der Waals surface area (Å²) in [4.78, 5) is 34.2. The maximum atomic E-state index is 14.6. The Labute approximate surface area is 207 Å². The van der Waals surface area contributed by atoms with E-state index >= 15 is 0 Å². The first-order valence-corrected chi connectivity index (χ1v) is 12.4. The van der Waals surface area contributed by atoms with Gasteiger partial charge in [-0.15, -0.1) is 0 Å². The zero-order chi connectivity index (χ0) is 23.7. The fourth-order valence-corrected chi connectivity index (χ4v) is 8.16. The Morgan fingerprint density at radius 3 is 2.47 bits per heavy atom. The zero-order valence-electron chi connectivity index (χ0n) is 18.8. The van der Waals surface area contributed by atoms with E-state index in [1.165, 1.54) is 11.8 Å². The number of hydrogen-bond donors (Lipinski definition) is 0. The van der Waals surface area contributed by atoms with Gasteiger partial charge in [0.05, 0.1) is 12.8 Å². The minimum absolute atomic E-state index is 0.0990. The third-order valence-corrected chi connectivity index (χ3v) is 9.40. The number of anilines is 1. The van der Waals surface area contributed by atoms with E-state index in [9.17, 15) is 9.59 Å². The summed E-state index contributed by atoms with van der Waals surface area (Å²) in [5, 5.41) is 0. The standard InChI is InChI=1S/C26H23N3O3S2/c1-27-16-20(17-9-4-3-5-10-17)26(23(31)29(24(33)34-26)15-18-11-8-14-32-18)25(27)19-12-6-7-13-21(19)28(2)22(25)30/h3-14,20H,15-16H2,1-2H3/t20-,25+,26-/m1/s1. The van der Waals surface area contributed by atoms with Crippen LogP contribution in [-0.2, 0) is 21.7 Å². The molecule has 2 aromatic carbocycles. The van der Waals surface area contributed by atoms with Crippen LogP contribution in [0.2, 0.25) is 0 Å². The molecule has 34 heavy (non-hydrogen) atoms. The number of carbonyl (C=O) groups is 2. The van der Waals surface area contributed by atoms with Gasteiger partial charge in [0.15, 0.2) is 5.54 Å². The van der Waals surface area contributed by atoms with E-state index in [4.69, 9.17) is 16.6 Å². The van der Waals surface area contributed by atoms with Crippen LogP contribution >= 0.6 is 24.0 Å². The molecule has 3 atom stereocenters. The molecule has 3 aromatic rings. The van der Waals surface area contributed by atoms with Gasteiger partial charge in [-0.1, -0.05) is 72.5 Å². The van der Waals surface area contributed by atoms with Crippen LogP contribution in [0, 0.1) is 0 Å². The molecule has 2 fully saturated rings. The highest BCUT2D eigenvalue weighted by Gasteiger charge is 2.78. The summed E-state index contributed by atoms with van der Waals surface area (Å²) in [6.07, 6.45) is 1.59. The van der Waals surface area contributed by atoms with Gasteiger partial charge >= 0.3 is 0 Å². The average Bonchev–Trinajstić information content (AvgIpc) is 3.57. The number of benzene rings is 2. The van der Waals surface area contributed by atoms with Crippen molar-refractivity contribution < 1.29 is 14.0 Å². The highest BCUT2D eigenvalue weighted by Crippen LogP contribution is 2.66. The van der Waals surface area contributed by atoms with Crippen molar-refractivity contribution in [2.45, 2.75) is 22.7 Å². The third kappa shape index (κ3) is 2.53. The van der Waals surface area contributed by atoms with Crippen molar-refractivity contribution >= 4 is 45.8 Å². The number of carbonyl (C=O) groups excluding carboxylic acids is 2. The fourth-order valence-electron chi connectivity index (χ4n) is 6.03. The Morgan fingerprint density at radius 1 is 1.00 bits per heavy atom. The van der Waals surface area contributed by atoms with E-state index in [0.717, 1.165) is 16.8 Å². The SMILES string of the molecule is CN1C(=O)[C@]2(c3ccccc31)N(C)C[C@H](c1ccccc1)[C@]21SC(=S)N(Cc2ccco2)C1=O. The molecule has 0 bridgehead atoms. The Hall–Kier alpha value is -2.94. The summed E-state index contributed by atoms with van der Waals surface area (Å²) < 4.78 is 4.86. The second kappa shape index (κ2) is 7.53. The van der Waals surface area contributed by atoms with Crippen LogP contribution in [0.15, 0.2) is 77.4 Å². The number of rotatable bonds is 3. The Morgan fingerprint density at radius 2 is 1.74 bits per heavy atom. The molecule has 3 aliphatic heterocycles. The Balaban J connectivity index is 1.61. The van der Waals surface area contributed by atoms with E-state index in [0.29, 0.717) is 16.6 Å². The monoisotopic (exact) mass is 489 g/mol. The molecule has 2 spiro atoms. The molecule has 172 valence electrons. The van der Waals surface area contributed by atoms with Crippen molar-refractivity contribution in [2.75, 3.05) is 25.5 Å². The number of para-hydroxylation sites is 1. The smallest absolute Gasteiger partial charge is 0.254 e. The van der Waals surface area contributed by atoms with Crippen LogP contribution in [0.1, 0.15) is 22.8 Å². The van der Waals surface area contributed by atoms with Crippen LogP contribution in [0.3, 0.4) is 0 Å². The van der Waals surface area contributed by atoms with E-state index in [-0.39, 0.29) is 24.3 Å². The fraction of sp³-hybridized carbons (Fsp3) is 0.269. The molecule has 0 aliphatic carbocycles. The summed E-state index contributed by atoms with van der Waals surface area (Å²) in [6.45, 7) is 0.792. The lowest BCUT2D eigenvalue weighted by molar-refractivity contribution is -0.139. The minimum Gasteiger partial charge on any atom is -0.467 e. The van der Waals surface area contributed by atoms with Gasteiger partial charge in [0.25, 0.3) is 5.91 Å². The van der Waals surface area contributed by atoms with E-state index in [1.54, 1.807) is 29.2 Å². The molecule has 6 rings (SSSR count). The molecule has 0 saturated carbocycles. The zero-order valence-corrected chi connectivity index (χ0v) is 20.4. The molecule has 6 nitrogen and oxygen atoms in total. The first-order chi connectivity index (χ1) is 16.4. The number of hydrogen-bond acceptors (Lipinski definition) is 6. The largest absolute Gasteiger partial charge is 0.467 e. The van der Waals surface area contributed by atoms with Gasteiger partial charge in [-0.2, -0.15) is 0 Å². The molecular formula is C26H23N3O3S2. The normalized spacial score (nSPS) is 28.6. The lowest BCUT2D eigenvalue weighted by Gasteiger charge is -2.42. The van der Waals surface area contributed by atoms with Crippen molar-refractivity contribution in [3.8, 4) is 0 Å². The lowest BCUT2D eigenvalue weighted by Crippen LogP contribution is -2.62. The molecular weight excluding hydrogens is 466 g/mol. The second-order valence-electron chi connectivity index (χ2n) is 9.01. The number of amides is 2. The Kier molecular flexibility index (Phi) is 4.78. The summed E-state index contributed by atoms with van der Waals surface area (Å²) in [6, 6.07) is 21.4. The number of nitrogens with zero attached hydrogens (tertiary/aromatic N) is 3. The summed E-state index contributed by atoms with van der Waals surface area (Å²) in [7, 11) is 3.74. The van der Waals surface area contributed by atoms with Gasteiger partial charge in [0.1, 0.15) is 14.8 Å². The van der Waals surface area contributed by atoms with Gasteiger partial charge in [0, 0.05) is 30.8 Å². The summed E-state index contributed by atoms with van der Waals surface area (Å²) in [5.74, 6) is 0.174. The lowest BCUT2D eigenvalue weighted by atomic mass is 9.72. The first-order valence-electron chi connectivity index (χ1n) is 11.1. The predicted molar refractivity (Wildman–Crippen MR) is 136 cm³/mol. The maximum absolute atomic E-state index is 14.6. The van der Waals surface area contributed by atoms with Gasteiger partial charge in [-0.25, -0.2) is 0 Å². The summed E-state index contributed by atoms with van der Waals surface area (Å²) in [5.41, 5.74) is 1.53. The van der Waals surface area contributed by atoms with Gasteiger partial charge in [0.2, 0.25) is 5.91 Å². The highest BCUT2D eigenvalue weighted by atomic mass is 32.2. The van der Waals surface area contributed by atoms with Crippen molar-refractivity contribution in [2.24, 2.45) is 0 Å². The number of thioether (sulfide) groups is 1. The molecule has 0 unspecified atom stereocenters. The van der Waals surface area contributed by atoms with E-state index in [1.807, 2.05) is 67.7 Å². The number of furan rings is 1. The minimum atomic E-state index is -1.18. The highest BCUT2D eigenvalue weighted by molar-refractivity contribution is 8.25. The van der Waals surface area contributed by atoms with E-state index in [2.05, 4.69) is 4.90 Å². The van der Waals surface area contributed by atoms with Crippen LogP contribution in [-0.4, -0.2) is 51.3 Å². The quantitative estimate of drug-likeness (QED) is 0.519. The van der Waals surface area contributed by atoms with Crippen LogP contribution in [0.5, 0.6) is 0 Å². The summed E-state index contributed by atoms with van der Waals surface area (Å²) >= 11 is 7.17. The van der Waals surface area contributed by atoms with Crippen molar-refractivity contribution in [1.82, 2.24) is 9.80 Å². The molecule has 0 radical (unpaired) electrons. The molecule has 2 saturated heterocycles. The average molecular weight is 490 g/mol. The molecule has 1 aromatic heterocycles. The predicted octanol–water partition coefficient (Wildman–Crippen LogP) is 3.98. The number of likely N-dealkylation sites (N-methyl/N-ethyl adjacent to an activating group) is 2. The maximum Gasteiger partial charge on any atom is 0.254 e. The van der Waals surface area contributed by atoms with Gasteiger partial charge < -0.3 is 9.32 Å². The van der Waals surface area contributed by atoms with Crippen LogP contribution < -0.4 is 4.90 Å². The van der Waals surface area contributed by atoms with Gasteiger partial charge in [-0.3, -0.25) is 19.4 Å². The molecule has 0 N–H and O–H groups in total. The van der Waals surface area contributed by atoms with Crippen molar-refractivity contribution in [3.63, 3.8) is 0 Å². The first kappa shape index (κ1) is 21.6. The third-order valence-electron chi connectivity index (χ3n) is 7.45. The molecule has 4 heterocycles. The van der Waals surface area contributed by atoms with E-state index < -0.39 is 10.3 Å². The van der Waals surface area contributed by atoms with Gasteiger partial charge in [-0.05, 0) is 30.8 Å².